The Labute approximate surface area is 170 Å². The van der Waals surface area contributed by atoms with Crippen LogP contribution in [0.2, 0.25) is 0 Å². The van der Waals surface area contributed by atoms with E-state index in [9.17, 15) is 9.90 Å². The molecule has 1 saturated heterocycles. The van der Waals surface area contributed by atoms with Crippen molar-refractivity contribution < 1.29 is 19.4 Å². The average molecular weight is 402 g/mol. The van der Waals surface area contributed by atoms with Crippen molar-refractivity contribution in [2.24, 2.45) is 17.8 Å². The van der Waals surface area contributed by atoms with Crippen molar-refractivity contribution in [1.82, 2.24) is 15.3 Å². The van der Waals surface area contributed by atoms with Crippen molar-refractivity contribution in [3.8, 4) is 5.88 Å². The molecule has 4 bridgehead atoms. The van der Waals surface area contributed by atoms with Gasteiger partial charge in [0.2, 0.25) is 11.8 Å². The Balaban J connectivity index is 1.33. The lowest BCUT2D eigenvalue weighted by Gasteiger charge is -2.58. The number of nitrogens with one attached hydrogen (secondary N) is 2. The standard InChI is InChI=1S/C21H30N4O4/c1-11(2)29-19-16(8-22-20(25-19)23-15-9-28-10-15)18(26)24-17-13-3-12-4-14(17)7-21(27,5-12)6-13/h8,11-15,17,27H,3-7,9-10H2,1-2H3,(H,24,26)(H,22,23,25)/t12?,13-,14+,17?,21?. The Bertz CT molecular complexity index is 781. The van der Waals surface area contributed by atoms with Gasteiger partial charge in [-0.25, -0.2) is 4.98 Å². The van der Waals surface area contributed by atoms with Crippen molar-refractivity contribution >= 4 is 11.9 Å². The smallest absolute Gasteiger partial charge is 0.258 e. The molecule has 3 unspecified atom stereocenters. The molecule has 1 aromatic heterocycles. The second kappa shape index (κ2) is 7.09. The molecule has 0 radical (unpaired) electrons. The predicted molar refractivity (Wildman–Crippen MR) is 106 cm³/mol. The van der Waals surface area contributed by atoms with E-state index in [0.29, 0.717) is 48.4 Å². The summed E-state index contributed by atoms with van der Waals surface area (Å²) in [5.41, 5.74) is -0.146. The molecule has 4 aliphatic carbocycles. The molecule has 3 N–H and O–H groups in total. The molecule has 6 rings (SSSR count). The van der Waals surface area contributed by atoms with Crippen LogP contribution in [0.1, 0.15) is 56.3 Å². The van der Waals surface area contributed by atoms with E-state index in [1.165, 1.54) is 0 Å². The van der Waals surface area contributed by atoms with Gasteiger partial charge in [0.15, 0.2) is 0 Å². The SMILES string of the molecule is CC(C)Oc1nc(NC2COC2)ncc1C(=O)NC1[C@@H]2CC3C[C@H]1CC(O)(C3)C2. The van der Waals surface area contributed by atoms with Crippen molar-refractivity contribution in [2.45, 2.75) is 69.7 Å². The zero-order valence-corrected chi connectivity index (χ0v) is 17.1. The number of aliphatic hydroxyl groups is 1. The molecule has 1 amide bonds. The highest BCUT2D eigenvalue weighted by atomic mass is 16.5. The minimum atomic E-state index is -0.509. The maximum absolute atomic E-state index is 13.1. The molecule has 1 aromatic rings. The lowest BCUT2D eigenvalue weighted by Crippen LogP contribution is -2.61. The van der Waals surface area contributed by atoms with Crippen molar-refractivity contribution in [1.29, 1.82) is 0 Å². The third kappa shape index (κ3) is 3.68. The molecule has 4 saturated carbocycles. The fourth-order valence-corrected chi connectivity index (χ4v) is 5.85. The third-order valence-electron chi connectivity index (χ3n) is 6.86. The van der Waals surface area contributed by atoms with Gasteiger partial charge in [0.25, 0.3) is 5.91 Å². The molecule has 0 spiro atoms. The van der Waals surface area contributed by atoms with E-state index in [0.717, 1.165) is 32.1 Å². The van der Waals surface area contributed by atoms with Gasteiger partial charge < -0.3 is 25.2 Å². The number of hydrogen-bond donors (Lipinski definition) is 3. The summed E-state index contributed by atoms with van der Waals surface area (Å²) in [6.07, 6.45) is 6.16. The number of carbonyl (C=O) groups is 1. The second-order valence-electron chi connectivity index (χ2n) is 9.65. The second-order valence-corrected chi connectivity index (χ2v) is 9.65. The Morgan fingerprint density at radius 2 is 2.00 bits per heavy atom. The summed E-state index contributed by atoms with van der Waals surface area (Å²) in [5.74, 6) is 1.87. The van der Waals surface area contributed by atoms with Gasteiger partial charge in [0, 0.05) is 12.2 Å². The molecule has 5 aliphatic rings. The van der Waals surface area contributed by atoms with Gasteiger partial charge in [-0.1, -0.05) is 0 Å². The van der Waals surface area contributed by atoms with Crippen LogP contribution < -0.4 is 15.4 Å². The zero-order chi connectivity index (χ0) is 20.2. The first-order valence-electron chi connectivity index (χ1n) is 10.8. The van der Waals surface area contributed by atoms with Crippen LogP contribution in [0.25, 0.3) is 0 Å². The normalized spacial score (nSPS) is 35.4. The molecule has 8 nitrogen and oxygen atoms in total. The molecule has 0 aromatic carbocycles. The van der Waals surface area contributed by atoms with E-state index in [1.54, 1.807) is 6.20 Å². The average Bonchev–Trinajstić information content (AvgIpc) is 2.59. The summed E-state index contributed by atoms with van der Waals surface area (Å²) in [6, 6.07) is 0.302. The first-order valence-corrected chi connectivity index (χ1v) is 10.8. The molecular formula is C21H30N4O4. The number of rotatable bonds is 6. The van der Waals surface area contributed by atoms with E-state index >= 15 is 0 Å². The van der Waals surface area contributed by atoms with Crippen molar-refractivity contribution in [3.63, 3.8) is 0 Å². The van der Waals surface area contributed by atoms with Crippen LogP contribution in [0.15, 0.2) is 6.20 Å². The molecule has 5 fully saturated rings. The van der Waals surface area contributed by atoms with Crippen LogP contribution >= 0.6 is 0 Å². The number of ether oxygens (including phenoxy) is 2. The maximum Gasteiger partial charge on any atom is 0.258 e. The van der Waals surface area contributed by atoms with E-state index in [4.69, 9.17) is 9.47 Å². The topological polar surface area (TPSA) is 106 Å². The maximum atomic E-state index is 13.1. The Morgan fingerprint density at radius 3 is 2.59 bits per heavy atom. The quantitative estimate of drug-likeness (QED) is 0.666. The summed E-state index contributed by atoms with van der Waals surface area (Å²) in [6.45, 7) is 5.08. The Hall–Kier alpha value is -1.93. The van der Waals surface area contributed by atoms with Crippen LogP contribution in [0.4, 0.5) is 5.95 Å². The lowest BCUT2D eigenvalue weighted by molar-refractivity contribution is -0.136. The van der Waals surface area contributed by atoms with Gasteiger partial charge in [0.05, 0.1) is 31.0 Å². The summed E-state index contributed by atoms with van der Waals surface area (Å²) >= 11 is 0. The minimum Gasteiger partial charge on any atom is -0.474 e. The first kappa shape index (κ1) is 19.1. The molecule has 8 heteroatoms. The highest BCUT2D eigenvalue weighted by Gasteiger charge is 2.55. The Morgan fingerprint density at radius 1 is 1.28 bits per heavy atom. The van der Waals surface area contributed by atoms with E-state index in [1.807, 2.05) is 13.8 Å². The summed E-state index contributed by atoms with van der Waals surface area (Å²) in [7, 11) is 0. The van der Waals surface area contributed by atoms with E-state index in [2.05, 4.69) is 20.6 Å². The molecule has 29 heavy (non-hydrogen) atoms. The van der Waals surface area contributed by atoms with Crippen molar-refractivity contribution in [3.05, 3.63) is 11.8 Å². The number of carbonyl (C=O) groups excluding carboxylic acids is 1. The van der Waals surface area contributed by atoms with Gasteiger partial charge in [-0.3, -0.25) is 4.79 Å². The fraction of sp³-hybridized carbons (Fsp3) is 0.762. The summed E-state index contributed by atoms with van der Waals surface area (Å²) < 4.78 is 11.0. The van der Waals surface area contributed by atoms with Gasteiger partial charge in [-0.05, 0) is 63.7 Å². The number of aromatic nitrogens is 2. The summed E-state index contributed by atoms with van der Waals surface area (Å²) in [5, 5.41) is 17.2. The van der Waals surface area contributed by atoms with Crippen molar-refractivity contribution in [2.75, 3.05) is 18.5 Å². The minimum absolute atomic E-state index is 0.105. The highest BCUT2D eigenvalue weighted by Crippen LogP contribution is 2.55. The van der Waals surface area contributed by atoms with Gasteiger partial charge in [0.1, 0.15) is 5.56 Å². The molecule has 5 atom stereocenters. The lowest BCUT2D eigenvalue weighted by atomic mass is 9.52. The molecule has 2 heterocycles. The van der Waals surface area contributed by atoms with Crippen LogP contribution in [0.5, 0.6) is 5.88 Å². The van der Waals surface area contributed by atoms with Gasteiger partial charge in [-0.15, -0.1) is 0 Å². The predicted octanol–water partition coefficient (Wildman–Crippen LogP) is 1.74. The van der Waals surface area contributed by atoms with Crippen LogP contribution in [-0.2, 0) is 4.74 Å². The molecule has 158 valence electrons. The summed E-state index contributed by atoms with van der Waals surface area (Å²) in [4.78, 5) is 21.9. The molecule has 1 aliphatic heterocycles. The van der Waals surface area contributed by atoms with E-state index < -0.39 is 5.60 Å². The molecular weight excluding hydrogens is 372 g/mol. The van der Waals surface area contributed by atoms with E-state index in [-0.39, 0.29) is 24.1 Å². The number of hydrogen-bond acceptors (Lipinski definition) is 7. The number of amides is 1. The number of nitrogens with zero attached hydrogens (tertiary/aromatic N) is 2. The third-order valence-corrected chi connectivity index (χ3v) is 6.86. The number of anilines is 1. The van der Waals surface area contributed by atoms with Gasteiger partial charge >= 0.3 is 0 Å². The monoisotopic (exact) mass is 402 g/mol. The fourth-order valence-electron chi connectivity index (χ4n) is 5.85. The van der Waals surface area contributed by atoms with Crippen LogP contribution in [0.3, 0.4) is 0 Å². The first-order chi connectivity index (χ1) is 13.9. The van der Waals surface area contributed by atoms with Crippen LogP contribution in [0, 0.1) is 17.8 Å². The van der Waals surface area contributed by atoms with Crippen LogP contribution in [-0.4, -0.2) is 58.0 Å². The zero-order valence-electron chi connectivity index (χ0n) is 17.1. The van der Waals surface area contributed by atoms with Gasteiger partial charge in [-0.2, -0.15) is 4.98 Å². The highest BCUT2D eigenvalue weighted by molar-refractivity contribution is 5.96. The largest absolute Gasteiger partial charge is 0.474 e. The Kier molecular flexibility index (Phi) is 4.66.